The highest BCUT2D eigenvalue weighted by molar-refractivity contribution is 5.79. The fraction of sp³-hybridized carbons (Fsp3) is 0.909. The maximum Gasteiger partial charge on any atom is 0.255 e. The van der Waals surface area contributed by atoms with Gasteiger partial charge in [0.05, 0.1) is 19.3 Å². The molecule has 18 heavy (non-hydrogen) atoms. The second-order valence-corrected chi connectivity index (χ2v) is 3.98. The molecule has 5 nitrogen and oxygen atoms in total. The Hall–Kier alpha value is -0.950. The first-order valence-electron chi connectivity index (χ1n) is 6.14. The van der Waals surface area contributed by atoms with Crippen molar-refractivity contribution in [3.05, 3.63) is 0 Å². The Morgan fingerprint density at radius 3 is 2.94 bits per heavy atom. The zero-order chi connectivity index (χ0) is 13.2. The summed E-state index contributed by atoms with van der Waals surface area (Å²) in [6, 6.07) is 0. The Labute approximate surface area is 106 Å². The third-order valence-corrected chi connectivity index (χ3v) is 2.50. The lowest BCUT2D eigenvalue weighted by atomic mass is 10.3. The van der Waals surface area contributed by atoms with Crippen LogP contribution in [0.1, 0.15) is 12.8 Å². The van der Waals surface area contributed by atoms with Gasteiger partial charge in [-0.05, 0) is 12.8 Å². The molecule has 0 aliphatic carbocycles. The minimum absolute atomic E-state index is 0.210. The summed E-state index contributed by atoms with van der Waals surface area (Å²) in [5.74, 6) is 0.388. The molecular formula is C11H21F2N3O2. The van der Waals surface area contributed by atoms with Gasteiger partial charge in [-0.15, -0.1) is 0 Å². The number of rotatable bonds is 7. The van der Waals surface area contributed by atoms with E-state index in [0.29, 0.717) is 25.7 Å². The van der Waals surface area contributed by atoms with E-state index in [0.717, 1.165) is 19.4 Å². The third kappa shape index (κ3) is 6.70. The van der Waals surface area contributed by atoms with Crippen LogP contribution < -0.4 is 10.6 Å². The smallest absolute Gasteiger partial charge is 0.255 e. The van der Waals surface area contributed by atoms with Gasteiger partial charge in [-0.2, -0.15) is 0 Å². The second kappa shape index (κ2) is 9.04. The minimum atomic E-state index is -2.38. The molecule has 7 heteroatoms. The molecule has 1 fully saturated rings. The first kappa shape index (κ1) is 15.1. The van der Waals surface area contributed by atoms with Gasteiger partial charge in [0.25, 0.3) is 6.43 Å². The van der Waals surface area contributed by atoms with Gasteiger partial charge in [-0.3, -0.25) is 4.99 Å². The van der Waals surface area contributed by atoms with E-state index in [1.54, 1.807) is 7.05 Å². The van der Waals surface area contributed by atoms with Gasteiger partial charge < -0.3 is 20.1 Å². The van der Waals surface area contributed by atoms with E-state index >= 15 is 0 Å². The predicted octanol–water partition coefficient (Wildman–Crippen LogP) is 0.612. The van der Waals surface area contributed by atoms with Crippen LogP contribution in [-0.4, -0.2) is 58.4 Å². The highest BCUT2D eigenvalue weighted by atomic mass is 19.3. The molecule has 0 saturated carbocycles. The quantitative estimate of drug-likeness (QED) is 0.402. The number of ether oxygens (including phenoxy) is 2. The summed E-state index contributed by atoms with van der Waals surface area (Å²) in [6.45, 7) is 2.32. The van der Waals surface area contributed by atoms with Crippen molar-refractivity contribution in [2.45, 2.75) is 25.4 Å². The van der Waals surface area contributed by atoms with Crippen molar-refractivity contribution in [3.8, 4) is 0 Å². The molecule has 0 radical (unpaired) electrons. The zero-order valence-electron chi connectivity index (χ0n) is 10.6. The first-order chi connectivity index (χ1) is 8.72. The topological polar surface area (TPSA) is 54.9 Å². The maximum atomic E-state index is 12.0. The lowest BCUT2D eigenvalue weighted by Gasteiger charge is -2.12. The molecule has 0 aromatic rings. The van der Waals surface area contributed by atoms with E-state index in [1.165, 1.54) is 0 Å². The number of hydrogen-bond donors (Lipinski definition) is 2. The number of nitrogens with one attached hydrogen (secondary N) is 2. The molecule has 1 atom stereocenters. The van der Waals surface area contributed by atoms with Crippen molar-refractivity contribution in [1.82, 2.24) is 10.6 Å². The Bertz CT molecular complexity index is 246. The zero-order valence-corrected chi connectivity index (χ0v) is 10.6. The lowest BCUT2D eigenvalue weighted by molar-refractivity contribution is 0.0419. The van der Waals surface area contributed by atoms with Crippen molar-refractivity contribution < 1.29 is 18.3 Å². The van der Waals surface area contributed by atoms with Gasteiger partial charge in [0.1, 0.15) is 0 Å². The normalized spacial score (nSPS) is 20.4. The average molecular weight is 265 g/mol. The molecule has 1 rings (SSSR count). The van der Waals surface area contributed by atoms with Crippen LogP contribution in [0.4, 0.5) is 8.78 Å². The van der Waals surface area contributed by atoms with Crippen LogP contribution in [0.2, 0.25) is 0 Å². The van der Waals surface area contributed by atoms with E-state index < -0.39 is 13.0 Å². The Morgan fingerprint density at radius 1 is 1.50 bits per heavy atom. The van der Waals surface area contributed by atoms with E-state index in [1.807, 2.05) is 0 Å². The summed E-state index contributed by atoms with van der Waals surface area (Å²) in [4.78, 5) is 3.84. The maximum absolute atomic E-state index is 12.0. The summed E-state index contributed by atoms with van der Waals surface area (Å²) in [7, 11) is 1.55. The summed E-state index contributed by atoms with van der Waals surface area (Å²) in [6.07, 6.45) is -0.424. The third-order valence-electron chi connectivity index (χ3n) is 2.50. The molecule has 0 amide bonds. The van der Waals surface area contributed by atoms with Gasteiger partial charge in [0.2, 0.25) is 0 Å². The fourth-order valence-corrected chi connectivity index (χ4v) is 1.57. The predicted molar refractivity (Wildman–Crippen MR) is 65.2 cm³/mol. The molecule has 2 N–H and O–H groups in total. The lowest BCUT2D eigenvalue weighted by Crippen LogP contribution is -2.40. The number of nitrogens with zero attached hydrogens (tertiary/aromatic N) is 1. The SMILES string of the molecule is CN=C(NCCCOC1CCOC1)NCC(F)F. The average Bonchev–Trinajstić information content (AvgIpc) is 2.85. The molecule has 1 aliphatic rings. The number of hydrogen-bond acceptors (Lipinski definition) is 3. The molecule has 1 aliphatic heterocycles. The van der Waals surface area contributed by atoms with Crippen LogP contribution in [0.25, 0.3) is 0 Å². The van der Waals surface area contributed by atoms with Crippen molar-refractivity contribution in [3.63, 3.8) is 0 Å². The summed E-state index contributed by atoms with van der Waals surface area (Å²) in [5, 5.41) is 5.47. The van der Waals surface area contributed by atoms with Crippen molar-refractivity contribution in [1.29, 1.82) is 0 Å². The molecule has 1 heterocycles. The molecular weight excluding hydrogens is 244 g/mol. The molecule has 106 valence electrons. The molecule has 0 aromatic heterocycles. The van der Waals surface area contributed by atoms with Gasteiger partial charge in [-0.1, -0.05) is 0 Å². The highest BCUT2D eigenvalue weighted by Crippen LogP contribution is 2.07. The van der Waals surface area contributed by atoms with Gasteiger partial charge in [0, 0.05) is 26.8 Å². The largest absolute Gasteiger partial charge is 0.379 e. The summed E-state index contributed by atoms with van der Waals surface area (Å²) >= 11 is 0. The van der Waals surface area contributed by atoms with Crippen LogP contribution in [0.3, 0.4) is 0 Å². The summed E-state index contributed by atoms with van der Waals surface area (Å²) < 4.78 is 34.7. The second-order valence-electron chi connectivity index (χ2n) is 3.98. The molecule has 1 saturated heterocycles. The standard InChI is InChI=1S/C11H21F2N3O2/c1-14-11(16-7-10(12)13)15-4-2-5-18-9-3-6-17-8-9/h9-10H,2-8H2,1H3,(H2,14,15,16). The molecule has 0 aromatic carbocycles. The number of guanidine groups is 1. The van der Waals surface area contributed by atoms with Crippen LogP contribution >= 0.6 is 0 Å². The van der Waals surface area contributed by atoms with E-state index in [9.17, 15) is 8.78 Å². The van der Waals surface area contributed by atoms with E-state index in [-0.39, 0.29) is 6.10 Å². The molecule has 0 bridgehead atoms. The van der Waals surface area contributed by atoms with Crippen molar-refractivity contribution in [2.24, 2.45) is 4.99 Å². The van der Waals surface area contributed by atoms with Crippen LogP contribution in [0.5, 0.6) is 0 Å². The molecule has 1 unspecified atom stereocenters. The van der Waals surface area contributed by atoms with E-state index in [2.05, 4.69) is 15.6 Å². The van der Waals surface area contributed by atoms with Crippen LogP contribution in [0.15, 0.2) is 4.99 Å². The fourth-order valence-electron chi connectivity index (χ4n) is 1.57. The van der Waals surface area contributed by atoms with Gasteiger partial charge >= 0.3 is 0 Å². The monoisotopic (exact) mass is 265 g/mol. The van der Waals surface area contributed by atoms with E-state index in [4.69, 9.17) is 9.47 Å². The number of aliphatic imine (C=N–C) groups is 1. The minimum Gasteiger partial charge on any atom is -0.379 e. The molecule has 0 spiro atoms. The van der Waals surface area contributed by atoms with Gasteiger partial charge in [-0.25, -0.2) is 8.78 Å². The van der Waals surface area contributed by atoms with Crippen LogP contribution in [-0.2, 0) is 9.47 Å². The Morgan fingerprint density at radius 2 is 2.33 bits per heavy atom. The highest BCUT2D eigenvalue weighted by Gasteiger charge is 2.15. The van der Waals surface area contributed by atoms with Crippen molar-refractivity contribution in [2.75, 3.05) is 40.0 Å². The summed E-state index contributed by atoms with van der Waals surface area (Å²) in [5.41, 5.74) is 0. The first-order valence-corrected chi connectivity index (χ1v) is 6.14. The Balaban J connectivity index is 1.97. The van der Waals surface area contributed by atoms with Gasteiger partial charge in [0.15, 0.2) is 5.96 Å². The number of halogens is 2. The van der Waals surface area contributed by atoms with Crippen LogP contribution in [0, 0.1) is 0 Å². The Kier molecular flexibility index (Phi) is 7.59. The van der Waals surface area contributed by atoms with Crippen molar-refractivity contribution >= 4 is 5.96 Å². The number of alkyl halides is 2.